The summed E-state index contributed by atoms with van der Waals surface area (Å²) in [6.07, 6.45) is 6.59. The lowest BCUT2D eigenvalue weighted by molar-refractivity contribution is 0.104. The molecule has 1 N–H and O–H groups in total. The van der Waals surface area contributed by atoms with Crippen molar-refractivity contribution in [1.82, 2.24) is 4.98 Å². The molecule has 0 amide bonds. The second kappa shape index (κ2) is 5.11. The number of hydrogen-bond donors (Lipinski definition) is 1. The number of carbonyl (C=O) groups excluding carboxylic acids is 1. The number of carbonyl (C=O) groups is 1. The summed E-state index contributed by atoms with van der Waals surface area (Å²) in [5.41, 5.74) is 3.16. The van der Waals surface area contributed by atoms with Gasteiger partial charge in [0, 0.05) is 32.0 Å². The molecular weight excluding hydrogens is 346 g/mol. The van der Waals surface area contributed by atoms with Crippen molar-refractivity contribution in [1.29, 1.82) is 0 Å². The first-order chi connectivity index (χ1) is 10.2. The van der Waals surface area contributed by atoms with Crippen LogP contribution in [0.4, 0.5) is 0 Å². The number of benzene rings is 1. The zero-order valence-corrected chi connectivity index (χ0v) is 13.8. The molecular formula is C17H14BrNOS. The number of halogens is 1. The van der Waals surface area contributed by atoms with E-state index in [2.05, 4.69) is 27.0 Å². The molecule has 3 aromatic rings. The first-order valence-corrected chi connectivity index (χ1v) is 8.76. The molecule has 0 saturated heterocycles. The molecule has 106 valence electrons. The number of nitrogens with one attached hydrogen (secondary N) is 1. The Hall–Kier alpha value is -1.39. The highest BCUT2D eigenvalue weighted by Gasteiger charge is 2.20. The molecule has 1 aliphatic rings. The van der Waals surface area contributed by atoms with Crippen LogP contribution in [0, 0.1) is 0 Å². The largest absolute Gasteiger partial charge is 0.360 e. The summed E-state index contributed by atoms with van der Waals surface area (Å²) in [5.74, 6) is 0.138. The van der Waals surface area contributed by atoms with Gasteiger partial charge in [-0.05, 0) is 55.5 Å². The fraction of sp³-hybridized carbons (Fsp3) is 0.235. The SMILES string of the molecule is O=C(c1cc2c(s1)CCCC2)c1c[nH]c2ccc(Br)cc12. The van der Waals surface area contributed by atoms with Gasteiger partial charge in [0.25, 0.3) is 0 Å². The summed E-state index contributed by atoms with van der Waals surface area (Å²) >= 11 is 5.16. The third-order valence-corrected chi connectivity index (χ3v) is 5.84. The highest BCUT2D eigenvalue weighted by molar-refractivity contribution is 9.10. The van der Waals surface area contributed by atoms with Crippen LogP contribution in [0.3, 0.4) is 0 Å². The lowest BCUT2D eigenvalue weighted by Crippen LogP contribution is -1.97. The molecule has 2 heterocycles. The number of hydrogen-bond acceptors (Lipinski definition) is 2. The van der Waals surface area contributed by atoms with Crippen molar-refractivity contribution in [2.75, 3.05) is 0 Å². The number of aryl methyl sites for hydroxylation is 2. The smallest absolute Gasteiger partial charge is 0.205 e. The zero-order valence-electron chi connectivity index (χ0n) is 11.4. The fourth-order valence-corrected chi connectivity index (χ4v) is 4.58. The predicted molar refractivity (Wildman–Crippen MR) is 90.4 cm³/mol. The van der Waals surface area contributed by atoms with Crippen molar-refractivity contribution in [2.24, 2.45) is 0 Å². The Morgan fingerprint density at radius 3 is 2.90 bits per heavy atom. The van der Waals surface area contributed by atoms with Crippen LogP contribution in [-0.4, -0.2) is 10.8 Å². The average Bonchev–Trinajstić information content (AvgIpc) is 3.09. The maximum Gasteiger partial charge on any atom is 0.205 e. The molecule has 0 spiro atoms. The maximum atomic E-state index is 12.8. The number of aromatic nitrogens is 1. The van der Waals surface area contributed by atoms with E-state index in [0.29, 0.717) is 0 Å². The van der Waals surface area contributed by atoms with E-state index in [1.54, 1.807) is 11.3 Å². The summed E-state index contributed by atoms with van der Waals surface area (Å²) in [5, 5.41) is 0.987. The van der Waals surface area contributed by atoms with E-state index < -0.39 is 0 Å². The number of fused-ring (bicyclic) bond motifs is 2. The highest BCUT2D eigenvalue weighted by Crippen LogP contribution is 2.32. The normalized spacial score (nSPS) is 14.3. The van der Waals surface area contributed by atoms with Crippen molar-refractivity contribution in [2.45, 2.75) is 25.7 Å². The van der Waals surface area contributed by atoms with Gasteiger partial charge in [0.1, 0.15) is 0 Å². The molecule has 1 aliphatic carbocycles. The van der Waals surface area contributed by atoms with Gasteiger partial charge in [-0.2, -0.15) is 0 Å². The van der Waals surface area contributed by atoms with Gasteiger partial charge in [0.2, 0.25) is 5.78 Å². The Bertz CT molecular complexity index is 822. The molecule has 0 saturated carbocycles. The first-order valence-electron chi connectivity index (χ1n) is 7.15. The third kappa shape index (κ3) is 2.27. The molecule has 4 rings (SSSR count). The summed E-state index contributed by atoms with van der Waals surface area (Å²) < 4.78 is 0.995. The summed E-state index contributed by atoms with van der Waals surface area (Å²) in [7, 11) is 0. The van der Waals surface area contributed by atoms with E-state index >= 15 is 0 Å². The molecule has 0 unspecified atom stereocenters. The molecule has 2 nitrogen and oxygen atoms in total. The van der Waals surface area contributed by atoms with Gasteiger partial charge in [0.15, 0.2) is 0 Å². The van der Waals surface area contributed by atoms with Gasteiger partial charge in [-0.1, -0.05) is 15.9 Å². The van der Waals surface area contributed by atoms with Crippen LogP contribution in [-0.2, 0) is 12.8 Å². The molecule has 0 radical (unpaired) electrons. The Kier molecular flexibility index (Phi) is 3.23. The van der Waals surface area contributed by atoms with Crippen molar-refractivity contribution in [3.8, 4) is 0 Å². The predicted octanol–water partition coefficient (Wildman–Crippen LogP) is 5.10. The van der Waals surface area contributed by atoms with Gasteiger partial charge in [-0.3, -0.25) is 4.79 Å². The number of thiophene rings is 1. The topological polar surface area (TPSA) is 32.9 Å². The summed E-state index contributed by atoms with van der Waals surface area (Å²) in [6, 6.07) is 8.09. The average molecular weight is 360 g/mol. The first kappa shape index (κ1) is 13.3. The van der Waals surface area contributed by atoms with Gasteiger partial charge in [-0.25, -0.2) is 0 Å². The Balaban J connectivity index is 1.79. The van der Waals surface area contributed by atoms with Crippen LogP contribution >= 0.6 is 27.3 Å². The van der Waals surface area contributed by atoms with E-state index in [1.165, 1.54) is 23.3 Å². The van der Waals surface area contributed by atoms with Gasteiger partial charge < -0.3 is 4.98 Å². The molecule has 0 atom stereocenters. The van der Waals surface area contributed by atoms with E-state index in [9.17, 15) is 4.79 Å². The molecule has 4 heteroatoms. The number of H-pyrrole nitrogens is 1. The van der Waals surface area contributed by atoms with Crippen LogP contribution in [0.5, 0.6) is 0 Å². The van der Waals surface area contributed by atoms with Crippen LogP contribution < -0.4 is 0 Å². The maximum absolute atomic E-state index is 12.8. The van der Waals surface area contributed by atoms with Crippen LogP contribution in [0.15, 0.2) is 34.9 Å². The molecule has 21 heavy (non-hydrogen) atoms. The third-order valence-electron chi connectivity index (χ3n) is 4.11. The van der Waals surface area contributed by atoms with Gasteiger partial charge >= 0.3 is 0 Å². The minimum Gasteiger partial charge on any atom is -0.360 e. The minimum absolute atomic E-state index is 0.138. The zero-order chi connectivity index (χ0) is 14.4. The van der Waals surface area contributed by atoms with Gasteiger partial charge in [-0.15, -0.1) is 11.3 Å². The monoisotopic (exact) mass is 359 g/mol. The fourth-order valence-electron chi connectivity index (χ4n) is 3.02. The Morgan fingerprint density at radius 2 is 2.05 bits per heavy atom. The molecule has 2 aromatic heterocycles. The van der Waals surface area contributed by atoms with Crippen molar-refractivity contribution < 1.29 is 4.79 Å². The second-order valence-corrected chi connectivity index (χ2v) is 7.54. The van der Waals surface area contributed by atoms with E-state index in [0.717, 1.165) is 38.7 Å². The van der Waals surface area contributed by atoms with E-state index in [1.807, 2.05) is 24.4 Å². The van der Waals surface area contributed by atoms with Gasteiger partial charge in [0.05, 0.1) is 4.88 Å². The molecule has 1 aromatic carbocycles. The Labute approximate surface area is 135 Å². The molecule has 0 bridgehead atoms. The van der Waals surface area contributed by atoms with Crippen molar-refractivity contribution in [3.05, 3.63) is 55.8 Å². The number of ketones is 1. The van der Waals surface area contributed by atoms with Crippen molar-refractivity contribution >= 4 is 44.0 Å². The Morgan fingerprint density at radius 1 is 1.19 bits per heavy atom. The standard InChI is InChI=1S/C17H14BrNOS/c18-11-5-6-14-12(8-11)13(9-19-14)17(20)16-7-10-3-1-2-4-15(10)21-16/h5-9,19H,1-4H2. The summed E-state index contributed by atoms with van der Waals surface area (Å²) in [4.78, 5) is 18.3. The van der Waals surface area contributed by atoms with E-state index in [-0.39, 0.29) is 5.78 Å². The van der Waals surface area contributed by atoms with E-state index in [4.69, 9.17) is 0 Å². The molecule has 0 aliphatic heterocycles. The minimum atomic E-state index is 0.138. The second-order valence-electron chi connectivity index (χ2n) is 5.49. The number of aromatic amines is 1. The summed E-state index contributed by atoms with van der Waals surface area (Å²) in [6.45, 7) is 0. The van der Waals surface area contributed by atoms with Crippen LogP contribution in [0.2, 0.25) is 0 Å². The number of rotatable bonds is 2. The lowest BCUT2D eigenvalue weighted by Gasteiger charge is -2.08. The molecule has 0 fully saturated rings. The van der Waals surface area contributed by atoms with Crippen LogP contribution in [0.1, 0.15) is 38.5 Å². The van der Waals surface area contributed by atoms with Crippen LogP contribution in [0.25, 0.3) is 10.9 Å². The highest BCUT2D eigenvalue weighted by atomic mass is 79.9. The lowest BCUT2D eigenvalue weighted by atomic mass is 9.98. The quantitative estimate of drug-likeness (QED) is 0.634. The van der Waals surface area contributed by atoms with Crippen molar-refractivity contribution in [3.63, 3.8) is 0 Å².